The Labute approximate surface area is 199 Å². The molecule has 9 heteroatoms. The molecule has 2 aromatic carbocycles. The molecule has 4 heterocycles. The van der Waals surface area contributed by atoms with Crippen LogP contribution in [0.5, 0.6) is 0 Å². The van der Waals surface area contributed by atoms with Crippen LogP contribution >= 0.6 is 23.4 Å². The van der Waals surface area contributed by atoms with E-state index >= 15 is 0 Å². The van der Waals surface area contributed by atoms with Gasteiger partial charge in [-0.1, -0.05) is 53.7 Å². The van der Waals surface area contributed by atoms with Crippen molar-refractivity contribution in [1.82, 2.24) is 24.2 Å². The van der Waals surface area contributed by atoms with E-state index in [1.807, 2.05) is 70.2 Å². The van der Waals surface area contributed by atoms with Gasteiger partial charge in [-0.05, 0) is 42.7 Å². The van der Waals surface area contributed by atoms with E-state index in [9.17, 15) is 4.79 Å². The summed E-state index contributed by atoms with van der Waals surface area (Å²) >= 11 is 7.41. The lowest BCUT2D eigenvalue weighted by Gasteiger charge is -2.29. The van der Waals surface area contributed by atoms with Crippen LogP contribution < -0.4 is 4.90 Å². The average molecular weight is 475 g/mol. The van der Waals surface area contributed by atoms with E-state index < -0.39 is 0 Å². The molecule has 5 aromatic rings. The van der Waals surface area contributed by atoms with Crippen molar-refractivity contribution >= 4 is 46.1 Å². The standard InChI is InChI=1S/C24H19ClN6OS/c25-18-9-7-16(8-10-18)19-14-21-23-26-27-24(30(23)12-13-31(21)28-19)33-15-22(32)29-11-3-5-17-4-1-2-6-20(17)29/h1-2,4,6-10,12-14H,3,5,11,15H2. The summed E-state index contributed by atoms with van der Waals surface area (Å²) in [7, 11) is 0. The summed E-state index contributed by atoms with van der Waals surface area (Å²) in [4.78, 5) is 14.9. The minimum absolute atomic E-state index is 0.0827. The Morgan fingerprint density at radius 1 is 1.06 bits per heavy atom. The number of hydrogen-bond donors (Lipinski definition) is 0. The first-order chi connectivity index (χ1) is 16.2. The first-order valence-corrected chi connectivity index (χ1v) is 12.0. The number of aryl methyl sites for hydroxylation is 1. The lowest BCUT2D eigenvalue weighted by molar-refractivity contribution is -0.116. The number of halogens is 1. The van der Waals surface area contributed by atoms with Crippen LogP contribution in [-0.2, 0) is 11.2 Å². The number of aromatic nitrogens is 5. The monoisotopic (exact) mass is 474 g/mol. The van der Waals surface area contributed by atoms with Crippen LogP contribution in [0.15, 0.2) is 72.1 Å². The fraction of sp³-hybridized carbons (Fsp3) is 0.167. The molecular weight excluding hydrogens is 456 g/mol. The first kappa shape index (κ1) is 20.3. The van der Waals surface area contributed by atoms with Gasteiger partial charge in [-0.25, -0.2) is 4.52 Å². The topological polar surface area (TPSA) is 67.8 Å². The van der Waals surface area contributed by atoms with E-state index in [2.05, 4.69) is 21.4 Å². The second kappa shape index (κ2) is 8.20. The van der Waals surface area contributed by atoms with E-state index in [1.165, 1.54) is 17.3 Å². The van der Waals surface area contributed by atoms with Crippen molar-refractivity contribution in [2.24, 2.45) is 0 Å². The van der Waals surface area contributed by atoms with Gasteiger partial charge in [0.25, 0.3) is 0 Å². The predicted octanol–water partition coefficient (Wildman–Crippen LogP) is 4.77. The molecule has 164 valence electrons. The van der Waals surface area contributed by atoms with Gasteiger partial charge in [0.1, 0.15) is 5.52 Å². The molecule has 1 amide bonds. The molecule has 0 aliphatic carbocycles. The smallest absolute Gasteiger partial charge is 0.237 e. The second-order valence-electron chi connectivity index (χ2n) is 7.91. The number of rotatable bonds is 4. The van der Waals surface area contributed by atoms with Crippen molar-refractivity contribution in [2.75, 3.05) is 17.2 Å². The number of benzene rings is 2. The molecule has 0 saturated heterocycles. The van der Waals surface area contributed by atoms with Crippen molar-refractivity contribution in [3.63, 3.8) is 0 Å². The van der Waals surface area contributed by atoms with Gasteiger partial charge < -0.3 is 4.90 Å². The third-order valence-corrected chi connectivity index (χ3v) is 7.04. The molecule has 0 saturated carbocycles. The molecule has 1 aliphatic heterocycles. The van der Waals surface area contributed by atoms with Crippen molar-refractivity contribution in [3.05, 3.63) is 77.6 Å². The van der Waals surface area contributed by atoms with Crippen LogP contribution in [0, 0.1) is 0 Å². The number of carbonyl (C=O) groups is 1. The first-order valence-electron chi connectivity index (χ1n) is 10.7. The van der Waals surface area contributed by atoms with E-state index in [4.69, 9.17) is 11.6 Å². The highest BCUT2D eigenvalue weighted by Crippen LogP contribution is 2.29. The van der Waals surface area contributed by atoms with Gasteiger partial charge >= 0.3 is 0 Å². The number of fused-ring (bicyclic) bond motifs is 4. The molecule has 0 fully saturated rings. The molecule has 1 aliphatic rings. The lowest BCUT2D eigenvalue weighted by atomic mass is 10.0. The minimum atomic E-state index is 0.0827. The highest BCUT2D eigenvalue weighted by atomic mass is 35.5. The maximum atomic E-state index is 13.0. The van der Waals surface area contributed by atoms with Gasteiger partial charge in [-0.3, -0.25) is 9.20 Å². The Balaban J connectivity index is 1.26. The Hall–Kier alpha value is -3.36. The summed E-state index contributed by atoms with van der Waals surface area (Å²) in [5, 5.41) is 14.7. The fourth-order valence-corrected chi connectivity index (χ4v) is 5.17. The predicted molar refractivity (Wildman–Crippen MR) is 130 cm³/mol. The number of para-hydroxylation sites is 1. The summed E-state index contributed by atoms with van der Waals surface area (Å²) in [6.07, 6.45) is 5.75. The highest BCUT2D eigenvalue weighted by Gasteiger charge is 2.23. The zero-order valence-corrected chi connectivity index (χ0v) is 19.1. The SMILES string of the molecule is O=C(CSc1nnc2c3cc(-c4ccc(Cl)cc4)nn3ccn12)N1CCCc2ccccc21. The van der Waals surface area contributed by atoms with E-state index in [1.54, 1.807) is 4.52 Å². The summed E-state index contributed by atoms with van der Waals surface area (Å²) in [6, 6.07) is 17.7. The quantitative estimate of drug-likeness (QED) is 0.351. The van der Waals surface area contributed by atoms with Gasteiger partial charge in [-0.2, -0.15) is 5.10 Å². The molecule has 3 aromatic heterocycles. The zero-order valence-electron chi connectivity index (χ0n) is 17.6. The van der Waals surface area contributed by atoms with E-state index in [0.29, 0.717) is 21.6 Å². The fourth-order valence-electron chi connectivity index (χ4n) is 4.25. The largest absolute Gasteiger partial charge is 0.311 e. The molecule has 0 N–H and O–H groups in total. The summed E-state index contributed by atoms with van der Waals surface area (Å²) in [5.74, 6) is 0.384. The maximum absolute atomic E-state index is 13.0. The maximum Gasteiger partial charge on any atom is 0.237 e. The molecule has 6 rings (SSSR count). The summed E-state index contributed by atoms with van der Waals surface area (Å²) in [6.45, 7) is 0.751. The van der Waals surface area contributed by atoms with Crippen molar-refractivity contribution in [1.29, 1.82) is 0 Å². The summed E-state index contributed by atoms with van der Waals surface area (Å²) < 4.78 is 3.70. The van der Waals surface area contributed by atoms with Gasteiger partial charge in [0.2, 0.25) is 5.91 Å². The van der Waals surface area contributed by atoms with Gasteiger partial charge in [0, 0.05) is 35.2 Å². The van der Waals surface area contributed by atoms with Crippen LogP contribution in [0.25, 0.3) is 22.4 Å². The highest BCUT2D eigenvalue weighted by molar-refractivity contribution is 7.99. The molecular formula is C24H19ClN6OS. The number of anilines is 1. The van der Waals surface area contributed by atoms with E-state index in [0.717, 1.165) is 41.8 Å². The number of carbonyl (C=O) groups excluding carboxylic acids is 1. The van der Waals surface area contributed by atoms with Crippen LogP contribution in [0.4, 0.5) is 5.69 Å². The van der Waals surface area contributed by atoms with Gasteiger partial charge in [0.05, 0.1) is 11.4 Å². The number of amides is 1. The van der Waals surface area contributed by atoms with Crippen LogP contribution in [0.3, 0.4) is 0 Å². The van der Waals surface area contributed by atoms with Crippen LogP contribution in [0.2, 0.25) is 5.02 Å². The third kappa shape index (κ3) is 3.65. The molecule has 0 bridgehead atoms. The average Bonchev–Trinajstić information content (AvgIpc) is 3.46. The van der Waals surface area contributed by atoms with Gasteiger partial charge in [0.15, 0.2) is 10.8 Å². The molecule has 0 spiro atoms. The summed E-state index contributed by atoms with van der Waals surface area (Å²) in [5.41, 5.74) is 5.60. The number of thioether (sulfide) groups is 1. The van der Waals surface area contributed by atoms with Crippen molar-refractivity contribution < 1.29 is 4.79 Å². The van der Waals surface area contributed by atoms with Gasteiger partial charge in [-0.15, -0.1) is 10.2 Å². The minimum Gasteiger partial charge on any atom is -0.311 e. The zero-order chi connectivity index (χ0) is 22.4. The van der Waals surface area contributed by atoms with Crippen LogP contribution in [0.1, 0.15) is 12.0 Å². The molecule has 0 atom stereocenters. The van der Waals surface area contributed by atoms with E-state index in [-0.39, 0.29) is 5.91 Å². The Morgan fingerprint density at radius 2 is 1.91 bits per heavy atom. The molecule has 33 heavy (non-hydrogen) atoms. The number of nitrogens with zero attached hydrogens (tertiary/aromatic N) is 6. The molecule has 0 radical (unpaired) electrons. The Morgan fingerprint density at radius 3 is 2.79 bits per heavy atom. The van der Waals surface area contributed by atoms with Crippen LogP contribution in [-0.4, -0.2) is 42.4 Å². The second-order valence-corrected chi connectivity index (χ2v) is 9.29. The number of hydrogen-bond acceptors (Lipinski definition) is 5. The molecule has 7 nitrogen and oxygen atoms in total. The third-order valence-electron chi connectivity index (χ3n) is 5.86. The normalized spacial score (nSPS) is 13.5. The Kier molecular flexibility index (Phi) is 5.04. The lowest BCUT2D eigenvalue weighted by Crippen LogP contribution is -2.36. The van der Waals surface area contributed by atoms with Crippen molar-refractivity contribution in [2.45, 2.75) is 18.0 Å². The molecule has 0 unspecified atom stereocenters. The van der Waals surface area contributed by atoms with Crippen molar-refractivity contribution in [3.8, 4) is 11.3 Å². The Bertz CT molecular complexity index is 1490.